The molecule has 0 radical (unpaired) electrons. The maximum absolute atomic E-state index is 3.59. The minimum atomic E-state index is 0.0532. The van der Waals surface area contributed by atoms with Crippen LogP contribution < -0.4 is 5.32 Å². The van der Waals surface area contributed by atoms with Crippen molar-refractivity contribution in [2.45, 2.75) is 53.4 Å². The molecule has 1 nitrogen and oxygen atoms in total. The first kappa shape index (κ1) is 22.6. The molecule has 0 aliphatic heterocycles. The summed E-state index contributed by atoms with van der Waals surface area (Å²) in [4.78, 5) is 0. The van der Waals surface area contributed by atoms with Crippen molar-refractivity contribution in [3.05, 3.63) is 102 Å². The summed E-state index contributed by atoms with van der Waals surface area (Å²) in [6.45, 7) is 13.1. The van der Waals surface area contributed by atoms with Gasteiger partial charge >= 0.3 is 0 Å². The van der Waals surface area contributed by atoms with Gasteiger partial charge in [0.25, 0.3) is 0 Å². The highest BCUT2D eigenvalue weighted by molar-refractivity contribution is 5.87. The Morgan fingerprint density at radius 1 is 0.806 bits per heavy atom. The van der Waals surface area contributed by atoms with Gasteiger partial charge in [0.1, 0.15) is 0 Å². The number of hydrogen-bond acceptors (Lipinski definition) is 1. The van der Waals surface area contributed by atoms with Crippen molar-refractivity contribution in [1.29, 1.82) is 0 Å². The van der Waals surface area contributed by atoms with Gasteiger partial charge in [0.05, 0.1) is 0 Å². The Bertz CT molecular complexity index is 1070. The third-order valence-electron chi connectivity index (χ3n) is 6.13. The van der Waals surface area contributed by atoms with E-state index >= 15 is 0 Å². The van der Waals surface area contributed by atoms with Crippen LogP contribution in [0.1, 0.15) is 59.1 Å². The Morgan fingerprint density at radius 2 is 1.42 bits per heavy atom. The second kappa shape index (κ2) is 9.83. The van der Waals surface area contributed by atoms with Gasteiger partial charge in [0, 0.05) is 16.8 Å². The molecule has 0 fully saturated rings. The Labute approximate surface area is 188 Å². The topological polar surface area (TPSA) is 12.0 Å². The number of anilines is 2. The number of hydrogen-bond donors (Lipinski definition) is 1. The molecule has 1 N–H and O–H groups in total. The van der Waals surface area contributed by atoms with Crippen LogP contribution in [0.5, 0.6) is 0 Å². The first-order valence-corrected chi connectivity index (χ1v) is 11.5. The van der Waals surface area contributed by atoms with Crippen molar-refractivity contribution in [2.24, 2.45) is 0 Å². The van der Waals surface area contributed by atoms with Crippen LogP contribution in [-0.4, -0.2) is 0 Å². The van der Waals surface area contributed by atoms with Crippen LogP contribution in [0.25, 0.3) is 16.7 Å². The zero-order valence-corrected chi connectivity index (χ0v) is 19.8. The highest BCUT2D eigenvalue weighted by Crippen LogP contribution is 2.47. The van der Waals surface area contributed by atoms with Crippen LogP contribution in [-0.2, 0) is 5.41 Å². The Balaban J connectivity index is 0.00000132. The predicted molar refractivity (Wildman–Crippen MR) is 138 cm³/mol. The fourth-order valence-corrected chi connectivity index (χ4v) is 4.11. The molecule has 0 spiro atoms. The van der Waals surface area contributed by atoms with Crippen LogP contribution in [0.4, 0.5) is 11.4 Å². The quantitative estimate of drug-likeness (QED) is 0.443. The standard InChI is InChI=1S/C28H29N.C2H6/c1-5-6-12-25-20(2)28(3,4)27-19-24(17-18-26(25)27)29-23-15-13-22(14-16-23)21-10-8-7-9-11-21;1-2/h6-19,29H,5H2,1-4H3;1-2H3/b12-6-;. The molecular weight excluding hydrogens is 374 g/mol. The lowest BCUT2D eigenvalue weighted by Gasteiger charge is -2.23. The van der Waals surface area contributed by atoms with E-state index in [0.29, 0.717) is 0 Å². The highest BCUT2D eigenvalue weighted by Gasteiger charge is 2.34. The number of nitrogens with one attached hydrogen (secondary N) is 1. The first-order chi connectivity index (χ1) is 15.0. The monoisotopic (exact) mass is 409 g/mol. The smallest absolute Gasteiger partial charge is 0.0387 e. The van der Waals surface area contributed by atoms with E-state index < -0.39 is 0 Å². The maximum atomic E-state index is 3.59. The molecule has 1 aliphatic carbocycles. The number of benzene rings is 3. The summed E-state index contributed by atoms with van der Waals surface area (Å²) in [5, 5.41) is 3.59. The van der Waals surface area contributed by atoms with Gasteiger partial charge in [0.15, 0.2) is 0 Å². The normalized spacial score (nSPS) is 14.3. The average Bonchev–Trinajstić information content (AvgIpc) is 3.00. The molecular formula is C30H35N. The SMILES string of the molecule is CC.CC/C=C\C1=C(C)C(C)(C)c2cc(Nc3ccc(-c4ccccc4)cc3)ccc21. The molecule has 3 aromatic carbocycles. The summed E-state index contributed by atoms with van der Waals surface area (Å²) in [5.41, 5.74) is 10.4. The molecule has 0 unspecified atom stereocenters. The molecule has 0 saturated heterocycles. The lowest BCUT2D eigenvalue weighted by atomic mass is 9.82. The summed E-state index contributed by atoms with van der Waals surface area (Å²) in [6.07, 6.45) is 5.61. The predicted octanol–water partition coefficient (Wildman–Crippen LogP) is 9.15. The fraction of sp³-hybridized carbons (Fsp3) is 0.267. The highest BCUT2D eigenvalue weighted by atomic mass is 14.9. The molecule has 3 aromatic rings. The van der Waals surface area contributed by atoms with Gasteiger partial charge in [-0.2, -0.15) is 0 Å². The number of rotatable bonds is 5. The average molecular weight is 410 g/mol. The van der Waals surface area contributed by atoms with Crippen LogP contribution in [0, 0.1) is 0 Å². The van der Waals surface area contributed by atoms with Gasteiger partial charge in [-0.05, 0) is 65.4 Å². The lowest BCUT2D eigenvalue weighted by Crippen LogP contribution is -2.15. The van der Waals surface area contributed by atoms with E-state index in [-0.39, 0.29) is 5.41 Å². The molecule has 0 aromatic heterocycles. The van der Waals surface area contributed by atoms with Crippen molar-refractivity contribution < 1.29 is 0 Å². The first-order valence-electron chi connectivity index (χ1n) is 11.5. The number of allylic oxidation sites excluding steroid dienone is 4. The van der Waals surface area contributed by atoms with Gasteiger partial charge in [0.2, 0.25) is 0 Å². The van der Waals surface area contributed by atoms with E-state index in [4.69, 9.17) is 0 Å². The molecule has 0 heterocycles. The van der Waals surface area contributed by atoms with E-state index in [0.717, 1.165) is 17.8 Å². The van der Waals surface area contributed by atoms with E-state index in [1.807, 2.05) is 13.8 Å². The molecule has 1 heteroatoms. The van der Waals surface area contributed by atoms with E-state index in [2.05, 4.69) is 118 Å². The molecule has 31 heavy (non-hydrogen) atoms. The van der Waals surface area contributed by atoms with E-state index in [1.165, 1.54) is 33.4 Å². The van der Waals surface area contributed by atoms with Crippen LogP contribution >= 0.6 is 0 Å². The Kier molecular flexibility index (Phi) is 7.17. The van der Waals surface area contributed by atoms with Crippen molar-refractivity contribution in [3.8, 4) is 11.1 Å². The maximum Gasteiger partial charge on any atom is 0.0387 e. The summed E-state index contributed by atoms with van der Waals surface area (Å²) in [6, 6.07) is 25.9. The van der Waals surface area contributed by atoms with Gasteiger partial charge in [-0.15, -0.1) is 0 Å². The van der Waals surface area contributed by atoms with Gasteiger partial charge in [-0.1, -0.05) is 101 Å². The third-order valence-corrected chi connectivity index (χ3v) is 6.13. The molecule has 0 amide bonds. The summed E-state index contributed by atoms with van der Waals surface area (Å²) < 4.78 is 0. The Hall–Kier alpha value is -3.06. The van der Waals surface area contributed by atoms with Crippen molar-refractivity contribution >= 4 is 16.9 Å². The molecule has 0 bridgehead atoms. The van der Waals surface area contributed by atoms with Crippen LogP contribution in [0.2, 0.25) is 0 Å². The molecule has 0 atom stereocenters. The fourth-order valence-electron chi connectivity index (χ4n) is 4.11. The molecule has 0 saturated carbocycles. The lowest BCUT2D eigenvalue weighted by molar-refractivity contribution is 0.639. The molecule has 4 rings (SSSR count). The Morgan fingerprint density at radius 3 is 2.06 bits per heavy atom. The van der Waals surface area contributed by atoms with Crippen molar-refractivity contribution in [2.75, 3.05) is 5.32 Å². The molecule has 160 valence electrons. The number of fused-ring (bicyclic) bond motifs is 1. The summed E-state index contributed by atoms with van der Waals surface area (Å²) in [7, 11) is 0. The van der Waals surface area contributed by atoms with Crippen LogP contribution in [0.15, 0.2) is 90.5 Å². The van der Waals surface area contributed by atoms with Gasteiger partial charge in [-0.25, -0.2) is 0 Å². The summed E-state index contributed by atoms with van der Waals surface area (Å²) in [5.74, 6) is 0. The van der Waals surface area contributed by atoms with Crippen molar-refractivity contribution in [1.82, 2.24) is 0 Å². The minimum Gasteiger partial charge on any atom is -0.356 e. The van der Waals surface area contributed by atoms with Crippen LogP contribution in [0.3, 0.4) is 0 Å². The zero-order valence-electron chi connectivity index (χ0n) is 19.8. The van der Waals surface area contributed by atoms with Crippen molar-refractivity contribution in [3.63, 3.8) is 0 Å². The van der Waals surface area contributed by atoms with E-state index in [9.17, 15) is 0 Å². The minimum absolute atomic E-state index is 0.0532. The largest absolute Gasteiger partial charge is 0.356 e. The molecule has 1 aliphatic rings. The zero-order chi connectivity index (χ0) is 22.4. The third kappa shape index (κ3) is 4.66. The second-order valence-corrected chi connectivity index (χ2v) is 8.30. The van der Waals surface area contributed by atoms with Gasteiger partial charge in [-0.3, -0.25) is 0 Å². The summed E-state index contributed by atoms with van der Waals surface area (Å²) >= 11 is 0. The van der Waals surface area contributed by atoms with Gasteiger partial charge < -0.3 is 5.32 Å². The van der Waals surface area contributed by atoms with E-state index in [1.54, 1.807) is 0 Å². The second-order valence-electron chi connectivity index (χ2n) is 8.30.